The second kappa shape index (κ2) is 5.24. The standard InChI is InChI=1S/C13H21.Li/c1-4-5-7-12-8-6-9-13(12)10-11(2)3;/h6,8-9,11H,4-5,7,10H2,1-3H3;. The predicted molar refractivity (Wildman–Crippen MR) is 64.7 cm³/mol. The van der Waals surface area contributed by atoms with Gasteiger partial charge in [-0.15, -0.1) is 0 Å². The van der Waals surface area contributed by atoms with Gasteiger partial charge in [-0.1, -0.05) is 0 Å². The van der Waals surface area contributed by atoms with Crippen LogP contribution in [0.2, 0.25) is 4.09 Å². The molecule has 0 amide bonds. The Bertz CT molecular complexity index is 238. The number of allylic oxidation sites excluding steroid dienone is 4. The zero-order chi connectivity index (χ0) is 10.6. The Morgan fingerprint density at radius 2 is 2.14 bits per heavy atom. The number of rotatable bonds is 5. The number of unbranched alkanes of at least 4 members (excludes halogenated alkanes) is 1. The quantitative estimate of drug-likeness (QED) is 0.565. The molecule has 1 unspecified atom stereocenters. The Kier molecular flexibility index (Phi) is 4.55. The summed E-state index contributed by atoms with van der Waals surface area (Å²) < 4.78 is 0.375. The van der Waals surface area contributed by atoms with Crippen LogP contribution in [0.5, 0.6) is 0 Å². The summed E-state index contributed by atoms with van der Waals surface area (Å²) in [6.07, 6.45) is 12.2. The van der Waals surface area contributed by atoms with Crippen molar-refractivity contribution in [3.05, 3.63) is 23.8 Å². The molecule has 0 aromatic heterocycles. The van der Waals surface area contributed by atoms with Crippen molar-refractivity contribution >= 4 is 17.7 Å². The average Bonchev–Trinajstić information content (AvgIpc) is 2.45. The molecular formula is C13H21Li. The van der Waals surface area contributed by atoms with E-state index in [4.69, 9.17) is 0 Å². The molecule has 1 rings (SSSR count). The van der Waals surface area contributed by atoms with Crippen molar-refractivity contribution < 1.29 is 0 Å². The first kappa shape index (κ1) is 12.1. The van der Waals surface area contributed by atoms with Gasteiger partial charge in [0.2, 0.25) is 0 Å². The van der Waals surface area contributed by atoms with Crippen LogP contribution in [0.15, 0.2) is 23.8 Å². The van der Waals surface area contributed by atoms with Gasteiger partial charge in [0.1, 0.15) is 0 Å². The van der Waals surface area contributed by atoms with Crippen LogP contribution < -0.4 is 0 Å². The molecule has 0 radical (unpaired) electrons. The van der Waals surface area contributed by atoms with Crippen molar-refractivity contribution in [2.75, 3.05) is 0 Å². The van der Waals surface area contributed by atoms with Crippen LogP contribution in [-0.2, 0) is 0 Å². The molecule has 0 N–H and O–H groups in total. The Morgan fingerprint density at radius 1 is 1.43 bits per heavy atom. The molecule has 0 heterocycles. The van der Waals surface area contributed by atoms with E-state index in [1.807, 2.05) is 0 Å². The van der Waals surface area contributed by atoms with E-state index in [0.29, 0.717) is 4.09 Å². The predicted octanol–water partition coefficient (Wildman–Crippen LogP) is 4.05. The van der Waals surface area contributed by atoms with Crippen molar-refractivity contribution in [1.82, 2.24) is 0 Å². The summed E-state index contributed by atoms with van der Waals surface area (Å²) in [6, 6.07) is 0. The van der Waals surface area contributed by atoms with Crippen molar-refractivity contribution in [2.24, 2.45) is 5.92 Å². The van der Waals surface area contributed by atoms with Crippen LogP contribution in [0, 0.1) is 5.92 Å². The van der Waals surface area contributed by atoms with Gasteiger partial charge in [0.15, 0.2) is 0 Å². The summed E-state index contributed by atoms with van der Waals surface area (Å²) in [7, 11) is 0. The van der Waals surface area contributed by atoms with Crippen molar-refractivity contribution in [2.45, 2.75) is 50.5 Å². The van der Waals surface area contributed by atoms with Crippen molar-refractivity contribution in [1.29, 1.82) is 0 Å². The summed E-state index contributed by atoms with van der Waals surface area (Å²) >= 11 is 2.39. The fourth-order valence-corrected chi connectivity index (χ4v) is 2.20. The second-order valence-corrected chi connectivity index (χ2v) is 5.17. The van der Waals surface area contributed by atoms with Gasteiger partial charge < -0.3 is 0 Å². The third-order valence-electron chi connectivity index (χ3n) is 3.17. The monoisotopic (exact) mass is 184 g/mol. The first-order valence-corrected chi connectivity index (χ1v) is 5.97. The zero-order valence-corrected chi connectivity index (χ0v) is 10.1. The van der Waals surface area contributed by atoms with E-state index in [0.717, 1.165) is 5.92 Å². The van der Waals surface area contributed by atoms with Gasteiger partial charge in [0, 0.05) is 0 Å². The van der Waals surface area contributed by atoms with E-state index < -0.39 is 0 Å². The molecule has 0 bridgehead atoms. The first-order valence-electron chi connectivity index (χ1n) is 5.97. The van der Waals surface area contributed by atoms with Crippen LogP contribution in [0.3, 0.4) is 0 Å². The van der Waals surface area contributed by atoms with E-state index >= 15 is 0 Å². The molecule has 0 saturated carbocycles. The van der Waals surface area contributed by atoms with E-state index in [2.05, 4.69) is 56.7 Å². The minimum absolute atomic E-state index is 0.375. The Labute approximate surface area is 98.1 Å². The van der Waals surface area contributed by atoms with Gasteiger partial charge in [-0.2, -0.15) is 0 Å². The normalized spacial score (nSPS) is 26.0. The maximum atomic E-state index is 2.39. The molecule has 0 aromatic carbocycles. The van der Waals surface area contributed by atoms with E-state index in [9.17, 15) is 0 Å². The van der Waals surface area contributed by atoms with Gasteiger partial charge in [-0.25, -0.2) is 0 Å². The van der Waals surface area contributed by atoms with Crippen LogP contribution in [0.1, 0.15) is 46.5 Å². The van der Waals surface area contributed by atoms with Gasteiger partial charge in [0.25, 0.3) is 0 Å². The minimum atomic E-state index is 0.375. The van der Waals surface area contributed by atoms with Crippen molar-refractivity contribution in [3.8, 4) is 0 Å². The van der Waals surface area contributed by atoms with Gasteiger partial charge in [-0.3, -0.25) is 0 Å². The summed E-state index contributed by atoms with van der Waals surface area (Å²) in [4.78, 5) is 0. The molecule has 14 heavy (non-hydrogen) atoms. The number of hydrogen-bond acceptors (Lipinski definition) is 0. The van der Waals surface area contributed by atoms with Gasteiger partial charge in [0.05, 0.1) is 0 Å². The van der Waals surface area contributed by atoms with Crippen LogP contribution in [-0.4, -0.2) is 17.7 Å². The molecule has 74 valence electrons. The van der Waals surface area contributed by atoms with Gasteiger partial charge >= 0.3 is 98.0 Å². The average molecular weight is 184 g/mol. The fraction of sp³-hybridized carbons (Fsp3) is 0.692. The molecule has 1 aliphatic carbocycles. The third kappa shape index (κ3) is 3.04. The summed E-state index contributed by atoms with van der Waals surface area (Å²) in [5, 5.41) is 0. The summed E-state index contributed by atoms with van der Waals surface area (Å²) in [5.74, 6) is 0.780. The molecule has 0 aromatic rings. The molecule has 0 spiro atoms. The van der Waals surface area contributed by atoms with Crippen LogP contribution in [0.25, 0.3) is 0 Å². The second-order valence-electron chi connectivity index (χ2n) is 5.17. The van der Waals surface area contributed by atoms with Gasteiger partial charge in [-0.05, 0) is 0 Å². The Hall–Kier alpha value is 0.0774. The van der Waals surface area contributed by atoms with Crippen molar-refractivity contribution in [3.63, 3.8) is 0 Å². The zero-order valence-electron chi connectivity index (χ0n) is 10.1. The Morgan fingerprint density at radius 3 is 2.71 bits per heavy atom. The molecular weight excluding hydrogens is 163 g/mol. The molecule has 1 aliphatic rings. The molecule has 0 aliphatic heterocycles. The summed E-state index contributed by atoms with van der Waals surface area (Å²) in [5.41, 5.74) is 1.64. The molecule has 0 saturated heterocycles. The molecule has 0 fully saturated rings. The number of hydrogen-bond donors (Lipinski definition) is 0. The molecule has 1 heteroatoms. The first-order chi connectivity index (χ1) is 6.58. The summed E-state index contributed by atoms with van der Waals surface area (Å²) in [6.45, 7) is 6.88. The Balaban J connectivity index is 2.59. The van der Waals surface area contributed by atoms with E-state index in [1.54, 1.807) is 5.57 Å². The SMILES string of the molecule is [Li][C]1(CCCC)C=CC=C1CC(C)C. The third-order valence-corrected chi connectivity index (χ3v) is 3.17. The maximum absolute atomic E-state index is 2.39. The topological polar surface area (TPSA) is 0 Å². The fourth-order valence-electron chi connectivity index (χ4n) is 2.20. The van der Waals surface area contributed by atoms with E-state index in [-0.39, 0.29) is 0 Å². The van der Waals surface area contributed by atoms with Crippen LogP contribution >= 0.6 is 0 Å². The molecule has 0 nitrogen and oxygen atoms in total. The van der Waals surface area contributed by atoms with Crippen LogP contribution in [0.4, 0.5) is 0 Å². The molecule has 1 atom stereocenters. The van der Waals surface area contributed by atoms with E-state index in [1.165, 1.54) is 25.7 Å².